The Hall–Kier alpha value is -1.75. The molecule has 0 saturated carbocycles. The summed E-state index contributed by atoms with van der Waals surface area (Å²) in [7, 11) is 0. The molecule has 0 radical (unpaired) electrons. The first-order valence-corrected chi connectivity index (χ1v) is 4.79. The van der Waals surface area contributed by atoms with Gasteiger partial charge in [0.2, 0.25) is 0 Å². The van der Waals surface area contributed by atoms with E-state index >= 15 is 0 Å². The van der Waals surface area contributed by atoms with Gasteiger partial charge in [-0.25, -0.2) is 4.68 Å². The van der Waals surface area contributed by atoms with Crippen LogP contribution in [0.5, 0.6) is 0 Å². The average molecular weight is 203 g/mol. The molecule has 0 aliphatic rings. The molecule has 0 fully saturated rings. The third-order valence-electron chi connectivity index (χ3n) is 2.35. The molecule has 2 heterocycles. The number of rotatable bonds is 3. The van der Waals surface area contributed by atoms with Crippen molar-refractivity contribution in [3.8, 4) is 0 Å². The lowest BCUT2D eigenvalue weighted by atomic mass is 10.2. The van der Waals surface area contributed by atoms with Gasteiger partial charge in [0.1, 0.15) is 0 Å². The highest BCUT2D eigenvalue weighted by Gasteiger charge is 2.06. The van der Waals surface area contributed by atoms with Crippen LogP contribution in [0.4, 0.5) is 0 Å². The normalized spacial score (nSPS) is 10.5. The molecule has 0 saturated heterocycles. The minimum Gasteiger partial charge on any atom is -0.325 e. The predicted molar refractivity (Wildman–Crippen MR) is 56.0 cm³/mol. The fraction of sp³-hybridized carbons (Fsp3) is 0.300. The van der Waals surface area contributed by atoms with E-state index in [0.717, 1.165) is 17.0 Å². The van der Waals surface area contributed by atoms with Gasteiger partial charge in [-0.1, -0.05) is 5.21 Å². The van der Waals surface area contributed by atoms with Crippen molar-refractivity contribution in [2.24, 2.45) is 5.73 Å². The topological polar surface area (TPSA) is 69.6 Å². The second kappa shape index (κ2) is 4.18. The molecule has 2 aromatic heterocycles. The van der Waals surface area contributed by atoms with Crippen LogP contribution in [0.3, 0.4) is 0 Å². The molecule has 0 aliphatic carbocycles. The smallest absolute Gasteiger partial charge is 0.0991 e. The van der Waals surface area contributed by atoms with E-state index in [2.05, 4.69) is 15.3 Å². The highest BCUT2D eigenvalue weighted by atomic mass is 15.4. The van der Waals surface area contributed by atoms with E-state index in [0.29, 0.717) is 13.1 Å². The number of nitrogens with zero attached hydrogens (tertiary/aromatic N) is 4. The SMILES string of the molecule is Cc1c(CN)nnn1Cc1ccncc1. The molecule has 2 N–H and O–H groups in total. The molecule has 0 spiro atoms. The van der Waals surface area contributed by atoms with E-state index in [4.69, 9.17) is 5.73 Å². The lowest BCUT2D eigenvalue weighted by molar-refractivity contribution is 0.633. The van der Waals surface area contributed by atoms with Crippen LogP contribution in [0, 0.1) is 6.92 Å². The van der Waals surface area contributed by atoms with Crippen molar-refractivity contribution in [2.75, 3.05) is 0 Å². The molecule has 0 atom stereocenters. The molecule has 5 nitrogen and oxygen atoms in total. The maximum Gasteiger partial charge on any atom is 0.0991 e. The van der Waals surface area contributed by atoms with E-state index in [1.807, 2.05) is 23.7 Å². The number of hydrogen-bond acceptors (Lipinski definition) is 4. The number of pyridine rings is 1. The Kier molecular flexibility index (Phi) is 2.73. The van der Waals surface area contributed by atoms with E-state index in [-0.39, 0.29) is 0 Å². The molecular formula is C10H13N5. The number of aromatic nitrogens is 4. The van der Waals surface area contributed by atoms with Gasteiger partial charge in [-0.3, -0.25) is 4.98 Å². The van der Waals surface area contributed by atoms with E-state index in [1.165, 1.54) is 0 Å². The van der Waals surface area contributed by atoms with Crippen LogP contribution in [-0.2, 0) is 13.1 Å². The van der Waals surface area contributed by atoms with E-state index < -0.39 is 0 Å². The second-order valence-electron chi connectivity index (χ2n) is 3.34. The zero-order chi connectivity index (χ0) is 10.7. The van der Waals surface area contributed by atoms with Crippen molar-refractivity contribution in [3.63, 3.8) is 0 Å². The van der Waals surface area contributed by atoms with E-state index in [1.54, 1.807) is 12.4 Å². The van der Waals surface area contributed by atoms with Gasteiger partial charge in [-0.2, -0.15) is 0 Å². The fourth-order valence-electron chi connectivity index (χ4n) is 1.40. The van der Waals surface area contributed by atoms with Gasteiger partial charge in [0.15, 0.2) is 0 Å². The first-order chi connectivity index (χ1) is 7.31. The Morgan fingerprint density at radius 1 is 1.33 bits per heavy atom. The highest BCUT2D eigenvalue weighted by Crippen LogP contribution is 2.06. The van der Waals surface area contributed by atoms with Crippen LogP contribution in [-0.4, -0.2) is 20.0 Å². The number of nitrogens with two attached hydrogens (primary N) is 1. The standard InChI is InChI=1S/C10H13N5/c1-8-10(6-11)13-14-15(8)7-9-2-4-12-5-3-9/h2-5H,6-7,11H2,1H3. The Bertz CT molecular complexity index is 434. The molecule has 2 rings (SSSR count). The Morgan fingerprint density at radius 2 is 2.07 bits per heavy atom. The van der Waals surface area contributed by atoms with Crippen LogP contribution < -0.4 is 5.73 Å². The summed E-state index contributed by atoms with van der Waals surface area (Å²) in [6.45, 7) is 3.12. The highest BCUT2D eigenvalue weighted by molar-refractivity contribution is 5.13. The second-order valence-corrected chi connectivity index (χ2v) is 3.34. The van der Waals surface area contributed by atoms with Gasteiger partial charge < -0.3 is 5.73 Å². The van der Waals surface area contributed by atoms with Crippen molar-refractivity contribution >= 4 is 0 Å². The molecule has 15 heavy (non-hydrogen) atoms. The van der Waals surface area contributed by atoms with Crippen molar-refractivity contribution in [3.05, 3.63) is 41.5 Å². The molecule has 0 unspecified atom stereocenters. The molecule has 5 heteroatoms. The zero-order valence-electron chi connectivity index (χ0n) is 8.59. The largest absolute Gasteiger partial charge is 0.325 e. The summed E-state index contributed by atoms with van der Waals surface area (Å²) >= 11 is 0. The van der Waals surface area contributed by atoms with Gasteiger partial charge in [-0.15, -0.1) is 5.10 Å². The monoisotopic (exact) mass is 203 g/mol. The lowest BCUT2D eigenvalue weighted by Crippen LogP contribution is -2.05. The van der Waals surface area contributed by atoms with Gasteiger partial charge in [0, 0.05) is 18.9 Å². The lowest BCUT2D eigenvalue weighted by Gasteiger charge is -2.02. The summed E-state index contributed by atoms with van der Waals surface area (Å²) in [5, 5.41) is 8.05. The van der Waals surface area contributed by atoms with Gasteiger partial charge in [0.05, 0.1) is 17.9 Å². The first-order valence-electron chi connectivity index (χ1n) is 4.79. The summed E-state index contributed by atoms with van der Waals surface area (Å²) in [6.07, 6.45) is 3.54. The maximum atomic E-state index is 5.53. The molecule has 0 bridgehead atoms. The molecule has 0 aliphatic heterocycles. The third-order valence-corrected chi connectivity index (χ3v) is 2.35. The minimum absolute atomic E-state index is 0.433. The van der Waals surface area contributed by atoms with Gasteiger partial charge in [0.25, 0.3) is 0 Å². The number of hydrogen-bond donors (Lipinski definition) is 1. The van der Waals surface area contributed by atoms with Crippen LogP contribution in [0.25, 0.3) is 0 Å². The summed E-state index contributed by atoms with van der Waals surface area (Å²) < 4.78 is 1.84. The molecule has 0 aromatic carbocycles. The van der Waals surface area contributed by atoms with Crippen LogP contribution in [0.2, 0.25) is 0 Å². The summed E-state index contributed by atoms with van der Waals surface area (Å²) in [5.41, 5.74) is 8.56. The van der Waals surface area contributed by atoms with Crippen molar-refractivity contribution < 1.29 is 0 Å². The van der Waals surface area contributed by atoms with Crippen LogP contribution >= 0.6 is 0 Å². The van der Waals surface area contributed by atoms with Crippen molar-refractivity contribution in [1.82, 2.24) is 20.0 Å². The maximum absolute atomic E-state index is 5.53. The van der Waals surface area contributed by atoms with Crippen molar-refractivity contribution in [2.45, 2.75) is 20.0 Å². The zero-order valence-corrected chi connectivity index (χ0v) is 8.59. The Morgan fingerprint density at radius 3 is 2.67 bits per heavy atom. The summed E-state index contributed by atoms with van der Waals surface area (Å²) in [4.78, 5) is 3.97. The predicted octanol–water partition coefficient (Wildman–Crippen LogP) is 0.489. The first kappa shape index (κ1) is 9.79. The molecule has 2 aromatic rings. The average Bonchev–Trinajstić information content (AvgIpc) is 2.62. The van der Waals surface area contributed by atoms with Crippen molar-refractivity contribution in [1.29, 1.82) is 0 Å². The third kappa shape index (κ3) is 2.02. The molecular weight excluding hydrogens is 190 g/mol. The molecule has 0 amide bonds. The Labute approximate surface area is 87.9 Å². The molecule has 78 valence electrons. The van der Waals surface area contributed by atoms with Gasteiger partial charge in [-0.05, 0) is 24.6 Å². The fourth-order valence-corrected chi connectivity index (χ4v) is 1.40. The van der Waals surface area contributed by atoms with E-state index in [9.17, 15) is 0 Å². The van der Waals surface area contributed by atoms with Crippen LogP contribution in [0.15, 0.2) is 24.5 Å². The summed E-state index contributed by atoms with van der Waals surface area (Å²) in [6, 6.07) is 3.92. The van der Waals surface area contributed by atoms with Crippen LogP contribution in [0.1, 0.15) is 17.0 Å². The van der Waals surface area contributed by atoms with Gasteiger partial charge >= 0.3 is 0 Å². The minimum atomic E-state index is 0.433. The summed E-state index contributed by atoms with van der Waals surface area (Å²) in [5.74, 6) is 0. The Balaban J connectivity index is 2.21. The quantitative estimate of drug-likeness (QED) is 0.788.